The molecule has 1 fully saturated rings. The lowest BCUT2D eigenvalue weighted by atomic mass is 10.3. The Bertz CT molecular complexity index is 509. The lowest BCUT2D eigenvalue weighted by Gasteiger charge is -1.95. The van der Waals surface area contributed by atoms with Crippen molar-refractivity contribution in [2.24, 2.45) is 0 Å². The van der Waals surface area contributed by atoms with Gasteiger partial charge in [-0.25, -0.2) is 0 Å². The van der Waals surface area contributed by atoms with Crippen molar-refractivity contribution < 1.29 is 4.52 Å². The van der Waals surface area contributed by atoms with Gasteiger partial charge in [-0.05, 0) is 40.9 Å². The summed E-state index contributed by atoms with van der Waals surface area (Å²) < 4.78 is 5.95. The fourth-order valence-corrected chi connectivity index (χ4v) is 1.76. The third kappa shape index (κ3) is 1.92. The minimum atomic E-state index is 0.468. The Labute approximate surface area is 100 Å². The molecule has 2 heterocycles. The fourth-order valence-electron chi connectivity index (χ4n) is 1.33. The second kappa shape index (κ2) is 3.86. The molecule has 3 rings (SSSR count). The summed E-state index contributed by atoms with van der Waals surface area (Å²) in [6.45, 7) is 0. The van der Waals surface area contributed by atoms with Crippen molar-refractivity contribution >= 4 is 21.9 Å². The van der Waals surface area contributed by atoms with Crippen LogP contribution in [0.5, 0.6) is 0 Å². The predicted molar refractivity (Wildman–Crippen MR) is 61.9 cm³/mol. The Morgan fingerprint density at radius 3 is 3.06 bits per heavy atom. The van der Waals surface area contributed by atoms with Crippen LogP contribution in [0.3, 0.4) is 0 Å². The molecule has 0 aliphatic heterocycles. The van der Waals surface area contributed by atoms with E-state index in [2.05, 4.69) is 36.4 Å². The maximum Gasteiger partial charge on any atom is 0.322 e. The van der Waals surface area contributed by atoms with E-state index in [1.54, 1.807) is 6.20 Å². The number of hydrogen-bond donors (Lipinski definition) is 1. The summed E-state index contributed by atoms with van der Waals surface area (Å²) in [7, 11) is 0. The Balaban J connectivity index is 1.88. The summed E-state index contributed by atoms with van der Waals surface area (Å²) in [5.74, 6) is 0.496. The summed E-state index contributed by atoms with van der Waals surface area (Å²) >= 11 is 3.40. The van der Waals surface area contributed by atoms with Gasteiger partial charge in [0.05, 0.1) is 0 Å². The van der Waals surface area contributed by atoms with Crippen LogP contribution < -0.4 is 5.32 Å². The van der Waals surface area contributed by atoms with Crippen LogP contribution >= 0.6 is 15.9 Å². The van der Waals surface area contributed by atoms with Crippen molar-refractivity contribution in [3.63, 3.8) is 0 Å². The van der Waals surface area contributed by atoms with E-state index in [-0.39, 0.29) is 0 Å². The van der Waals surface area contributed by atoms with Gasteiger partial charge in [-0.2, -0.15) is 4.98 Å². The van der Waals surface area contributed by atoms with Crippen molar-refractivity contribution in [3.8, 4) is 11.5 Å². The zero-order chi connectivity index (χ0) is 11.0. The highest BCUT2D eigenvalue weighted by molar-refractivity contribution is 9.10. The fraction of sp³-hybridized carbons (Fsp3) is 0.300. The first kappa shape index (κ1) is 9.77. The van der Waals surface area contributed by atoms with Gasteiger partial charge in [-0.3, -0.25) is 4.98 Å². The average molecular weight is 281 g/mol. The van der Waals surface area contributed by atoms with E-state index in [9.17, 15) is 0 Å². The van der Waals surface area contributed by atoms with E-state index >= 15 is 0 Å². The van der Waals surface area contributed by atoms with Gasteiger partial charge in [0, 0.05) is 16.7 Å². The molecular weight excluding hydrogens is 272 g/mol. The summed E-state index contributed by atoms with van der Waals surface area (Å²) in [6, 6.07) is 4.71. The summed E-state index contributed by atoms with van der Waals surface area (Å²) in [4.78, 5) is 8.44. The van der Waals surface area contributed by atoms with Crippen molar-refractivity contribution in [2.75, 3.05) is 5.32 Å². The first-order valence-corrected chi connectivity index (χ1v) is 5.83. The first-order valence-electron chi connectivity index (χ1n) is 5.04. The van der Waals surface area contributed by atoms with Gasteiger partial charge in [-0.1, -0.05) is 5.16 Å². The number of nitrogens with zero attached hydrogens (tertiary/aromatic N) is 3. The lowest BCUT2D eigenvalue weighted by molar-refractivity contribution is 0.431. The summed E-state index contributed by atoms with van der Waals surface area (Å²) in [5, 5.41) is 7.03. The third-order valence-corrected chi connectivity index (χ3v) is 2.94. The molecule has 1 N–H and O–H groups in total. The minimum Gasteiger partial charge on any atom is -0.335 e. The predicted octanol–water partition coefficient (Wildman–Crippen LogP) is 2.47. The molecule has 2 aromatic heterocycles. The summed E-state index contributed by atoms with van der Waals surface area (Å²) in [6.07, 6.45) is 4.04. The zero-order valence-electron chi connectivity index (χ0n) is 8.35. The maximum absolute atomic E-state index is 5.09. The van der Waals surface area contributed by atoms with Crippen LogP contribution in [-0.4, -0.2) is 21.2 Å². The molecule has 1 aliphatic rings. The van der Waals surface area contributed by atoms with Crippen molar-refractivity contribution in [2.45, 2.75) is 18.9 Å². The molecule has 0 atom stereocenters. The molecular formula is C10H9BrN4O. The van der Waals surface area contributed by atoms with Crippen molar-refractivity contribution in [1.82, 2.24) is 15.1 Å². The van der Waals surface area contributed by atoms with Crippen LogP contribution in [0.15, 0.2) is 27.3 Å². The quantitative estimate of drug-likeness (QED) is 0.936. The second-order valence-electron chi connectivity index (χ2n) is 3.68. The molecule has 0 radical (unpaired) electrons. The second-order valence-corrected chi connectivity index (χ2v) is 4.53. The molecule has 1 saturated carbocycles. The number of aromatic nitrogens is 3. The molecule has 0 aromatic carbocycles. The molecule has 0 bridgehead atoms. The van der Waals surface area contributed by atoms with Gasteiger partial charge in [-0.15, -0.1) is 0 Å². The van der Waals surface area contributed by atoms with E-state index in [4.69, 9.17) is 4.52 Å². The highest BCUT2D eigenvalue weighted by Gasteiger charge is 2.23. The smallest absolute Gasteiger partial charge is 0.322 e. The molecule has 0 amide bonds. The molecule has 5 nitrogen and oxygen atoms in total. The standard InChI is InChI=1S/C10H9BrN4O/c11-7-2-1-5-12-8(7)9-14-10(16-15-9)13-6-3-4-6/h1-2,5-6H,3-4H2,(H,13,14,15). The molecule has 82 valence electrons. The van der Waals surface area contributed by atoms with Gasteiger partial charge in [0.25, 0.3) is 0 Å². The lowest BCUT2D eigenvalue weighted by Crippen LogP contribution is -2.00. The van der Waals surface area contributed by atoms with Crippen LogP contribution in [-0.2, 0) is 0 Å². The van der Waals surface area contributed by atoms with E-state index in [0.717, 1.165) is 4.47 Å². The average Bonchev–Trinajstić information content (AvgIpc) is 2.97. The van der Waals surface area contributed by atoms with Gasteiger partial charge >= 0.3 is 6.01 Å². The topological polar surface area (TPSA) is 63.8 Å². The highest BCUT2D eigenvalue weighted by Crippen LogP contribution is 2.27. The van der Waals surface area contributed by atoms with E-state index < -0.39 is 0 Å². The van der Waals surface area contributed by atoms with Crippen LogP contribution in [0.2, 0.25) is 0 Å². The number of halogens is 1. The van der Waals surface area contributed by atoms with Crippen LogP contribution in [0.25, 0.3) is 11.5 Å². The minimum absolute atomic E-state index is 0.468. The van der Waals surface area contributed by atoms with Gasteiger partial charge < -0.3 is 9.84 Å². The molecule has 0 saturated heterocycles. The number of hydrogen-bond acceptors (Lipinski definition) is 5. The monoisotopic (exact) mass is 280 g/mol. The third-order valence-electron chi connectivity index (χ3n) is 2.30. The van der Waals surface area contributed by atoms with E-state index in [1.165, 1.54) is 12.8 Å². The zero-order valence-corrected chi connectivity index (χ0v) is 9.94. The Morgan fingerprint density at radius 2 is 2.31 bits per heavy atom. The largest absolute Gasteiger partial charge is 0.335 e. The van der Waals surface area contributed by atoms with Gasteiger partial charge in [0.1, 0.15) is 5.69 Å². The van der Waals surface area contributed by atoms with E-state index in [0.29, 0.717) is 23.6 Å². The molecule has 1 aliphatic carbocycles. The SMILES string of the molecule is Brc1cccnc1-c1noc(NC2CC2)n1. The number of anilines is 1. The molecule has 2 aromatic rings. The van der Waals surface area contributed by atoms with Crippen molar-refractivity contribution in [3.05, 3.63) is 22.8 Å². The number of pyridine rings is 1. The Hall–Kier alpha value is -1.43. The highest BCUT2D eigenvalue weighted by atomic mass is 79.9. The normalized spacial score (nSPS) is 15.1. The first-order chi connectivity index (χ1) is 7.83. The molecule has 16 heavy (non-hydrogen) atoms. The number of rotatable bonds is 3. The van der Waals surface area contributed by atoms with Crippen LogP contribution in [0.4, 0.5) is 6.01 Å². The molecule has 0 spiro atoms. The Morgan fingerprint density at radius 1 is 1.44 bits per heavy atom. The maximum atomic E-state index is 5.09. The number of nitrogens with one attached hydrogen (secondary N) is 1. The van der Waals surface area contributed by atoms with Crippen LogP contribution in [0, 0.1) is 0 Å². The summed E-state index contributed by atoms with van der Waals surface area (Å²) in [5.41, 5.74) is 0.690. The van der Waals surface area contributed by atoms with Crippen molar-refractivity contribution in [1.29, 1.82) is 0 Å². The molecule has 6 heteroatoms. The van der Waals surface area contributed by atoms with Gasteiger partial charge in [0.2, 0.25) is 5.82 Å². The van der Waals surface area contributed by atoms with E-state index in [1.807, 2.05) is 12.1 Å². The molecule has 0 unspecified atom stereocenters. The Kier molecular flexibility index (Phi) is 2.36. The van der Waals surface area contributed by atoms with Gasteiger partial charge in [0.15, 0.2) is 0 Å². The van der Waals surface area contributed by atoms with Crippen LogP contribution in [0.1, 0.15) is 12.8 Å².